The molecule has 2 aliphatic rings. The molecule has 2 aromatic carbocycles. The third kappa shape index (κ3) is 9.90. The van der Waals surface area contributed by atoms with Crippen LogP contribution in [0.4, 0.5) is 0 Å². The molecule has 0 N–H and O–H groups in total. The molecule has 0 bridgehead atoms. The lowest BCUT2D eigenvalue weighted by Crippen LogP contribution is -2.50. The average molecular weight is 607 g/mol. The Balaban J connectivity index is 1.59. The highest BCUT2D eigenvalue weighted by molar-refractivity contribution is 5.99. The van der Waals surface area contributed by atoms with Gasteiger partial charge in [0.25, 0.3) is 0 Å². The van der Waals surface area contributed by atoms with Gasteiger partial charge in [0.15, 0.2) is 11.6 Å². The predicted octanol–water partition coefficient (Wildman–Crippen LogP) is 7.60. The molecular formula is C38H58N2O4+2. The molecule has 0 aromatic heterocycles. The molecular weight excluding hydrogens is 548 g/mol. The number of nitrogens with zero attached hydrogens (tertiary/aromatic N) is 2. The Morgan fingerprint density at radius 1 is 0.568 bits per heavy atom. The van der Waals surface area contributed by atoms with Gasteiger partial charge in [0, 0.05) is 11.1 Å². The van der Waals surface area contributed by atoms with Crippen LogP contribution in [0.15, 0.2) is 48.5 Å². The fourth-order valence-electron chi connectivity index (χ4n) is 7.58. The minimum absolute atomic E-state index is 0.124. The number of hydrogen-bond acceptors (Lipinski definition) is 4. The van der Waals surface area contributed by atoms with Crippen molar-refractivity contribution in [2.75, 3.05) is 66.6 Å². The van der Waals surface area contributed by atoms with Crippen LogP contribution in [0.5, 0.6) is 11.5 Å². The summed E-state index contributed by atoms with van der Waals surface area (Å²) in [7, 11) is 4.69. The maximum atomic E-state index is 14.2. The van der Waals surface area contributed by atoms with Gasteiger partial charge in [-0.3, -0.25) is 9.59 Å². The number of rotatable bonds is 15. The van der Waals surface area contributed by atoms with Gasteiger partial charge in [-0.2, -0.15) is 0 Å². The van der Waals surface area contributed by atoms with Crippen LogP contribution in [-0.2, 0) is 0 Å². The lowest BCUT2D eigenvalue weighted by atomic mass is 9.85. The third-order valence-electron chi connectivity index (χ3n) is 10.1. The Morgan fingerprint density at radius 2 is 0.886 bits per heavy atom. The number of ketones is 2. The van der Waals surface area contributed by atoms with E-state index in [2.05, 4.69) is 14.1 Å². The maximum absolute atomic E-state index is 14.2. The highest BCUT2D eigenvalue weighted by Crippen LogP contribution is 2.29. The number of carbonyl (C=O) groups is 2. The van der Waals surface area contributed by atoms with Crippen molar-refractivity contribution in [1.29, 1.82) is 0 Å². The van der Waals surface area contributed by atoms with Crippen LogP contribution in [0.2, 0.25) is 0 Å². The number of carbonyl (C=O) groups excluding carboxylic acids is 2. The van der Waals surface area contributed by atoms with Crippen molar-refractivity contribution in [3.63, 3.8) is 0 Å². The Kier molecular flexibility index (Phi) is 12.9. The zero-order valence-electron chi connectivity index (χ0n) is 28.0. The number of hydrogen-bond donors (Lipinski definition) is 0. The molecule has 2 fully saturated rings. The molecule has 2 aromatic rings. The molecule has 0 aliphatic carbocycles. The number of Topliss-reactive ketones (excluding diaryl/α,β-unsaturated/α-hetero) is 2. The van der Waals surface area contributed by atoms with E-state index < -0.39 is 0 Å². The number of quaternary nitrogens is 2. The quantitative estimate of drug-likeness (QED) is 0.155. The molecule has 44 heavy (non-hydrogen) atoms. The Bertz CT molecular complexity index is 1070. The van der Waals surface area contributed by atoms with Gasteiger partial charge in [0.2, 0.25) is 0 Å². The summed E-state index contributed by atoms with van der Waals surface area (Å²) in [5.74, 6) is 1.76. The topological polar surface area (TPSA) is 52.6 Å². The maximum Gasteiger partial charge on any atom is 0.171 e. The van der Waals surface area contributed by atoms with E-state index in [-0.39, 0.29) is 23.4 Å². The van der Waals surface area contributed by atoms with Gasteiger partial charge in [0.05, 0.1) is 78.4 Å². The number of likely N-dealkylation sites (tertiary alicyclic amines) is 2. The van der Waals surface area contributed by atoms with Crippen LogP contribution in [0, 0.1) is 11.8 Å². The second-order valence-electron chi connectivity index (χ2n) is 13.9. The fraction of sp³-hybridized carbons (Fsp3) is 0.632. The van der Waals surface area contributed by atoms with Gasteiger partial charge in [-0.25, -0.2) is 0 Å². The second-order valence-corrected chi connectivity index (χ2v) is 13.9. The molecule has 2 unspecified atom stereocenters. The summed E-state index contributed by atoms with van der Waals surface area (Å²) in [5.41, 5.74) is 1.50. The molecule has 2 atom stereocenters. The number of benzene rings is 2. The van der Waals surface area contributed by atoms with Crippen molar-refractivity contribution in [1.82, 2.24) is 0 Å². The molecule has 2 saturated heterocycles. The summed E-state index contributed by atoms with van der Waals surface area (Å²) in [6.45, 7) is 11.3. The minimum Gasteiger partial charge on any atom is -0.494 e. The molecule has 0 spiro atoms. The van der Waals surface area contributed by atoms with E-state index in [0.717, 1.165) is 83.7 Å². The molecule has 242 valence electrons. The summed E-state index contributed by atoms with van der Waals surface area (Å²) in [6, 6.07) is 15.4. The molecule has 4 rings (SSSR count). The fourth-order valence-corrected chi connectivity index (χ4v) is 7.58. The summed E-state index contributed by atoms with van der Waals surface area (Å²) in [5, 5.41) is 0. The van der Waals surface area contributed by atoms with E-state index in [1.807, 2.05) is 62.4 Å². The third-order valence-corrected chi connectivity index (χ3v) is 10.1. The summed E-state index contributed by atoms with van der Waals surface area (Å²) < 4.78 is 13.2. The number of ether oxygens (including phenoxy) is 2. The average Bonchev–Trinajstić information content (AvgIpc) is 3.38. The highest BCUT2D eigenvalue weighted by Gasteiger charge is 2.36. The first-order valence-electron chi connectivity index (χ1n) is 17.5. The van der Waals surface area contributed by atoms with Gasteiger partial charge in [0.1, 0.15) is 11.5 Å². The van der Waals surface area contributed by atoms with Gasteiger partial charge in [-0.15, -0.1) is 0 Å². The summed E-state index contributed by atoms with van der Waals surface area (Å²) in [6.07, 6.45) is 11.4. The van der Waals surface area contributed by atoms with E-state index in [0.29, 0.717) is 13.2 Å². The first kappa shape index (κ1) is 34.2. The van der Waals surface area contributed by atoms with Crippen molar-refractivity contribution >= 4 is 11.6 Å². The molecule has 2 aliphatic heterocycles. The van der Waals surface area contributed by atoms with Gasteiger partial charge < -0.3 is 18.4 Å². The predicted molar refractivity (Wildman–Crippen MR) is 179 cm³/mol. The van der Waals surface area contributed by atoms with Crippen molar-refractivity contribution in [3.05, 3.63) is 59.7 Å². The highest BCUT2D eigenvalue weighted by atomic mass is 16.5. The normalized spacial score (nSPS) is 19.6. The van der Waals surface area contributed by atoms with Crippen LogP contribution in [0.1, 0.15) is 98.8 Å². The molecule has 0 saturated carbocycles. The molecule has 2 heterocycles. The van der Waals surface area contributed by atoms with Gasteiger partial charge in [-0.1, -0.05) is 0 Å². The van der Waals surface area contributed by atoms with Gasteiger partial charge >= 0.3 is 0 Å². The SMILES string of the molecule is CCOc1ccc(C(=O)C(CCC(C[N+]2(C)CCCCCC2)C(=O)c2ccc(OCC)cc2)C[N+]2(C)CCCCCC2)cc1. The van der Waals surface area contributed by atoms with E-state index in [1.54, 1.807) is 0 Å². The standard InChI is InChI=1S/C38H58N2O4/c1-5-43-35-21-17-31(18-22-35)37(41)33(29-39(3)25-11-7-8-12-26-39)15-16-34(30-40(4)27-13-9-10-14-28-40)38(42)32-19-23-36(24-20-32)44-6-2/h17-24,33-34H,5-16,25-30H2,1-4H3/q+2. The smallest absolute Gasteiger partial charge is 0.171 e. The summed E-state index contributed by atoms with van der Waals surface area (Å²) >= 11 is 0. The summed E-state index contributed by atoms with van der Waals surface area (Å²) in [4.78, 5) is 28.4. The molecule has 0 radical (unpaired) electrons. The van der Waals surface area contributed by atoms with Crippen molar-refractivity contribution in [2.24, 2.45) is 11.8 Å². The van der Waals surface area contributed by atoms with E-state index in [9.17, 15) is 9.59 Å². The van der Waals surface area contributed by atoms with Gasteiger partial charge in [-0.05, 0) is 127 Å². The van der Waals surface area contributed by atoms with Crippen LogP contribution in [0.25, 0.3) is 0 Å². The van der Waals surface area contributed by atoms with E-state index >= 15 is 0 Å². The lowest BCUT2D eigenvalue weighted by molar-refractivity contribution is -0.911. The van der Waals surface area contributed by atoms with Crippen molar-refractivity contribution < 1.29 is 28.0 Å². The lowest BCUT2D eigenvalue weighted by Gasteiger charge is -2.38. The largest absolute Gasteiger partial charge is 0.494 e. The first-order chi connectivity index (χ1) is 21.2. The van der Waals surface area contributed by atoms with Crippen LogP contribution in [0.3, 0.4) is 0 Å². The Hall–Kier alpha value is -2.70. The first-order valence-corrected chi connectivity index (χ1v) is 17.5. The second kappa shape index (κ2) is 16.6. The monoisotopic (exact) mass is 606 g/mol. The Morgan fingerprint density at radius 3 is 1.18 bits per heavy atom. The van der Waals surface area contributed by atoms with Crippen molar-refractivity contribution in [3.8, 4) is 11.5 Å². The Labute approximate surface area is 266 Å². The zero-order chi connectivity index (χ0) is 31.4. The molecule has 6 heteroatoms. The van der Waals surface area contributed by atoms with Crippen molar-refractivity contribution in [2.45, 2.75) is 78.1 Å². The van der Waals surface area contributed by atoms with E-state index in [4.69, 9.17) is 9.47 Å². The van der Waals surface area contributed by atoms with Crippen LogP contribution in [-0.4, -0.2) is 87.1 Å². The van der Waals surface area contributed by atoms with Crippen LogP contribution >= 0.6 is 0 Å². The van der Waals surface area contributed by atoms with E-state index in [1.165, 1.54) is 51.4 Å². The van der Waals surface area contributed by atoms with Crippen LogP contribution < -0.4 is 9.47 Å². The molecule has 0 amide bonds. The zero-order valence-corrected chi connectivity index (χ0v) is 28.0. The minimum atomic E-state index is -0.124. The molecule has 6 nitrogen and oxygen atoms in total.